The molecule has 5 heteroatoms. The van der Waals surface area contributed by atoms with Crippen LogP contribution in [0.4, 0.5) is 0 Å². The zero-order valence-corrected chi connectivity index (χ0v) is 18.0. The number of hydrogen-bond acceptors (Lipinski definition) is 4. The van der Waals surface area contributed by atoms with Crippen LogP contribution in [0.3, 0.4) is 0 Å². The van der Waals surface area contributed by atoms with Crippen LogP contribution in [-0.4, -0.2) is 30.2 Å². The number of hydrogen-bond donors (Lipinski definition) is 0. The highest BCUT2D eigenvalue weighted by Crippen LogP contribution is 2.17. The number of aliphatic imine (C=N–C) groups is 2. The fourth-order valence-electron chi connectivity index (χ4n) is 3.28. The standard InChI is InChI=1S/C23H33ClN2O2/c1-3-4-5-6-7-8-9-10-11-12-17-25-18(2)21-23(27)28-22(26-21)19-13-15-20(24)16-14-19/h13-16,21H,3-12,17H2,1-2H3. The molecule has 0 spiro atoms. The van der Waals surface area contributed by atoms with Gasteiger partial charge >= 0.3 is 5.97 Å². The van der Waals surface area contributed by atoms with Gasteiger partial charge < -0.3 is 4.74 Å². The number of nitrogens with zero attached hydrogens (tertiary/aromatic N) is 2. The van der Waals surface area contributed by atoms with Gasteiger partial charge in [-0.05, 0) is 37.6 Å². The van der Waals surface area contributed by atoms with Gasteiger partial charge in [0.05, 0.1) is 0 Å². The summed E-state index contributed by atoms with van der Waals surface area (Å²) < 4.78 is 5.31. The number of unbranched alkanes of at least 4 members (excludes halogenated alkanes) is 9. The second kappa shape index (κ2) is 12.7. The minimum atomic E-state index is -0.617. The highest BCUT2D eigenvalue weighted by molar-refractivity contribution is 6.30. The lowest BCUT2D eigenvalue weighted by Gasteiger charge is -2.04. The summed E-state index contributed by atoms with van der Waals surface area (Å²) >= 11 is 5.90. The van der Waals surface area contributed by atoms with E-state index in [2.05, 4.69) is 16.9 Å². The number of benzene rings is 1. The van der Waals surface area contributed by atoms with E-state index >= 15 is 0 Å². The third kappa shape index (κ3) is 7.75. The van der Waals surface area contributed by atoms with Crippen molar-refractivity contribution in [3.8, 4) is 0 Å². The van der Waals surface area contributed by atoms with E-state index in [1.807, 2.05) is 6.92 Å². The number of esters is 1. The Bertz CT molecular complexity index is 668. The van der Waals surface area contributed by atoms with E-state index in [1.54, 1.807) is 24.3 Å². The van der Waals surface area contributed by atoms with Crippen LogP contribution in [0.1, 0.15) is 83.6 Å². The molecule has 0 N–H and O–H groups in total. The lowest BCUT2D eigenvalue weighted by atomic mass is 10.1. The van der Waals surface area contributed by atoms with Crippen molar-refractivity contribution in [3.63, 3.8) is 0 Å². The van der Waals surface area contributed by atoms with E-state index in [4.69, 9.17) is 16.3 Å². The van der Waals surface area contributed by atoms with E-state index in [-0.39, 0.29) is 5.97 Å². The first-order valence-corrected chi connectivity index (χ1v) is 11.1. The molecule has 0 saturated carbocycles. The summed E-state index contributed by atoms with van der Waals surface area (Å²) in [7, 11) is 0. The minimum absolute atomic E-state index is 0.347. The van der Waals surface area contributed by atoms with Gasteiger partial charge in [0.1, 0.15) is 0 Å². The number of carbonyl (C=O) groups excluding carboxylic acids is 1. The predicted octanol–water partition coefficient (Wildman–Crippen LogP) is 6.39. The smallest absolute Gasteiger partial charge is 0.343 e. The van der Waals surface area contributed by atoms with E-state index < -0.39 is 6.04 Å². The molecule has 0 fully saturated rings. The lowest BCUT2D eigenvalue weighted by molar-refractivity contribution is -0.133. The highest BCUT2D eigenvalue weighted by Gasteiger charge is 2.31. The van der Waals surface area contributed by atoms with Gasteiger partial charge in [0.25, 0.3) is 0 Å². The Hall–Kier alpha value is -1.68. The molecule has 1 unspecified atom stereocenters. The largest absolute Gasteiger partial charge is 0.405 e. The molecule has 1 atom stereocenters. The van der Waals surface area contributed by atoms with Crippen LogP contribution in [0, 0.1) is 0 Å². The van der Waals surface area contributed by atoms with Crippen molar-refractivity contribution in [2.45, 2.75) is 84.1 Å². The summed E-state index contributed by atoms with van der Waals surface area (Å²) in [6, 6.07) is 6.49. The van der Waals surface area contributed by atoms with Gasteiger partial charge in [0.2, 0.25) is 5.90 Å². The molecule has 28 heavy (non-hydrogen) atoms. The Labute approximate surface area is 174 Å². The second-order valence-corrected chi connectivity index (χ2v) is 7.91. The zero-order chi connectivity index (χ0) is 20.2. The lowest BCUT2D eigenvalue weighted by Crippen LogP contribution is -2.23. The molecule has 1 aliphatic heterocycles. The maximum absolute atomic E-state index is 12.1. The minimum Gasteiger partial charge on any atom is -0.405 e. The first-order chi connectivity index (χ1) is 13.6. The number of ether oxygens (including phenoxy) is 1. The van der Waals surface area contributed by atoms with Crippen LogP contribution in [0.5, 0.6) is 0 Å². The van der Waals surface area contributed by atoms with E-state index in [0.29, 0.717) is 10.9 Å². The van der Waals surface area contributed by atoms with Gasteiger partial charge in [-0.2, -0.15) is 0 Å². The van der Waals surface area contributed by atoms with Crippen LogP contribution in [0.25, 0.3) is 0 Å². The van der Waals surface area contributed by atoms with Crippen molar-refractivity contribution in [2.24, 2.45) is 9.98 Å². The maximum Gasteiger partial charge on any atom is 0.343 e. The van der Waals surface area contributed by atoms with Crippen LogP contribution >= 0.6 is 11.6 Å². The van der Waals surface area contributed by atoms with Gasteiger partial charge in [-0.3, -0.25) is 4.99 Å². The summed E-state index contributed by atoms with van der Waals surface area (Å²) in [4.78, 5) is 21.1. The van der Waals surface area contributed by atoms with Crippen molar-refractivity contribution in [2.75, 3.05) is 6.54 Å². The van der Waals surface area contributed by atoms with Gasteiger partial charge in [0.15, 0.2) is 6.04 Å². The Balaban J connectivity index is 1.66. The monoisotopic (exact) mass is 404 g/mol. The first kappa shape index (κ1) is 22.6. The molecule has 1 aromatic carbocycles. The van der Waals surface area contributed by atoms with E-state index in [9.17, 15) is 4.79 Å². The van der Waals surface area contributed by atoms with Gasteiger partial charge in [-0.1, -0.05) is 76.3 Å². The molecule has 0 aliphatic carbocycles. The summed E-state index contributed by atoms with van der Waals surface area (Å²) in [5, 5.41) is 0.638. The van der Waals surface area contributed by atoms with Crippen molar-refractivity contribution >= 4 is 29.2 Å². The van der Waals surface area contributed by atoms with Crippen molar-refractivity contribution in [1.29, 1.82) is 0 Å². The zero-order valence-electron chi connectivity index (χ0n) is 17.3. The molecule has 0 bridgehead atoms. The first-order valence-electron chi connectivity index (χ1n) is 10.7. The number of halogens is 1. The topological polar surface area (TPSA) is 51.0 Å². The third-order valence-electron chi connectivity index (χ3n) is 5.03. The van der Waals surface area contributed by atoms with Crippen LogP contribution in [-0.2, 0) is 9.53 Å². The van der Waals surface area contributed by atoms with Gasteiger partial charge in [0, 0.05) is 22.8 Å². The molecule has 1 aliphatic rings. The Morgan fingerprint density at radius 1 is 1.00 bits per heavy atom. The highest BCUT2D eigenvalue weighted by atomic mass is 35.5. The Morgan fingerprint density at radius 2 is 1.57 bits per heavy atom. The van der Waals surface area contributed by atoms with Gasteiger partial charge in [-0.15, -0.1) is 0 Å². The molecular weight excluding hydrogens is 372 g/mol. The van der Waals surface area contributed by atoms with Crippen molar-refractivity contribution < 1.29 is 9.53 Å². The number of rotatable bonds is 13. The van der Waals surface area contributed by atoms with Crippen LogP contribution in [0.15, 0.2) is 34.3 Å². The van der Waals surface area contributed by atoms with E-state index in [0.717, 1.165) is 24.2 Å². The molecule has 154 valence electrons. The molecule has 0 amide bonds. The summed E-state index contributed by atoms with van der Waals surface area (Å²) in [6.45, 7) is 4.86. The van der Waals surface area contributed by atoms with Crippen molar-refractivity contribution in [3.05, 3.63) is 34.9 Å². The summed E-state index contributed by atoms with van der Waals surface area (Å²) in [5.74, 6) is -0.00516. The SMILES string of the molecule is CCCCCCCCCCCCN=C(C)C1N=C(c2ccc(Cl)cc2)OC1=O. The molecule has 0 radical (unpaired) electrons. The maximum atomic E-state index is 12.1. The molecule has 1 heterocycles. The quantitative estimate of drug-likeness (QED) is 0.217. The van der Waals surface area contributed by atoms with Gasteiger partial charge in [-0.25, -0.2) is 9.79 Å². The van der Waals surface area contributed by atoms with Crippen LogP contribution < -0.4 is 0 Å². The summed E-state index contributed by atoms with van der Waals surface area (Å²) in [5.41, 5.74) is 1.48. The predicted molar refractivity (Wildman–Crippen MR) is 118 cm³/mol. The normalized spacial score (nSPS) is 17.0. The van der Waals surface area contributed by atoms with Crippen LogP contribution in [0.2, 0.25) is 5.02 Å². The molecule has 4 nitrogen and oxygen atoms in total. The molecule has 2 rings (SSSR count). The number of cyclic esters (lactones) is 1. The molecule has 0 aromatic heterocycles. The van der Waals surface area contributed by atoms with E-state index in [1.165, 1.54) is 57.8 Å². The fraction of sp³-hybridized carbons (Fsp3) is 0.609. The Morgan fingerprint density at radius 3 is 2.18 bits per heavy atom. The van der Waals surface area contributed by atoms with Crippen molar-refractivity contribution in [1.82, 2.24) is 0 Å². The fourth-order valence-corrected chi connectivity index (χ4v) is 3.40. The number of carbonyl (C=O) groups is 1. The summed E-state index contributed by atoms with van der Waals surface area (Å²) in [6.07, 6.45) is 13.0. The Kier molecular flexibility index (Phi) is 10.3. The molecule has 1 aromatic rings. The average Bonchev–Trinajstić information content (AvgIpc) is 3.08. The third-order valence-corrected chi connectivity index (χ3v) is 5.28. The second-order valence-electron chi connectivity index (χ2n) is 7.47. The molecule has 0 saturated heterocycles. The average molecular weight is 405 g/mol. The molecular formula is C23H33ClN2O2.